The monoisotopic (exact) mass is 289 g/mol. The van der Waals surface area contributed by atoms with Gasteiger partial charge in [0.1, 0.15) is 17.3 Å². The van der Waals surface area contributed by atoms with E-state index >= 15 is 0 Å². The highest BCUT2D eigenvalue weighted by Gasteiger charge is 2.32. The highest BCUT2D eigenvalue weighted by Crippen LogP contribution is 2.32. The summed E-state index contributed by atoms with van der Waals surface area (Å²) in [6.45, 7) is 2.47. The number of anilines is 1. The SMILES string of the molecule is Cc1cc([C@H]2CCCN2C(=O)Nc2cccc(F)c2)no1. The van der Waals surface area contributed by atoms with Crippen LogP contribution in [-0.2, 0) is 0 Å². The lowest BCUT2D eigenvalue weighted by Gasteiger charge is -2.23. The second-order valence-electron chi connectivity index (χ2n) is 5.15. The fourth-order valence-corrected chi connectivity index (χ4v) is 2.62. The summed E-state index contributed by atoms with van der Waals surface area (Å²) < 4.78 is 18.2. The molecule has 21 heavy (non-hydrogen) atoms. The molecule has 0 bridgehead atoms. The number of aromatic nitrogens is 1. The molecule has 1 N–H and O–H groups in total. The van der Waals surface area contributed by atoms with Gasteiger partial charge >= 0.3 is 6.03 Å². The molecule has 0 spiro atoms. The minimum atomic E-state index is -0.377. The average molecular weight is 289 g/mol. The van der Waals surface area contributed by atoms with Crippen LogP contribution in [-0.4, -0.2) is 22.6 Å². The molecular weight excluding hydrogens is 273 g/mol. The number of likely N-dealkylation sites (tertiary alicyclic amines) is 1. The molecule has 1 aromatic heterocycles. The number of hydrogen-bond donors (Lipinski definition) is 1. The minimum absolute atomic E-state index is 0.0870. The molecule has 2 heterocycles. The topological polar surface area (TPSA) is 58.4 Å². The maximum absolute atomic E-state index is 13.2. The van der Waals surface area contributed by atoms with Crippen LogP contribution in [0, 0.1) is 12.7 Å². The molecule has 2 aromatic rings. The van der Waals surface area contributed by atoms with Crippen LogP contribution in [0.15, 0.2) is 34.9 Å². The molecular formula is C15H16FN3O2. The van der Waals surface area contributed by atoms with Gasteiger partial charge in [0, 0.05) is 18.3 Å². The van der Waals surface area contributed by atoms with Crippen molar-refractivity contribution >= 4 is 11.7 Å². The molecule has 2 amide bonds. The molecule has 6 heteroatoms. The van der Waals surface area contributed by atoms with E-state index in [1.165, 1.54) is 12.1 Å². The zero-order chi connectivity index (χ0) is 14.8. The maximum atomic E-state index is 13.2. The van der Waals surface area contributed by atoms with Gasteiger partial charge in [-0.15, -0.1) is 0 Å². The van der Waals surface area contributed by atoms with Crippen LogP contribution in [0.2, 0.25) is 0 Å². The number of nitrogens with zero attached hydrogens (tertiary/aromatic N) is 2. The molecule has 1 aliphatic rings. The molecule has 0 radical (unpaired) electrons. The molecule has 0 aliphatic carbocycles. The van der Waals surface area contributed by atoms with Gasteiger partial charge in [-0.3, -0.25) is 0 Å². The standard InChI is InChI=1S/C15H16FN3O2/c1-10-8-13(18-21-10)14-6-3-7-19(14)15(20)17-12-5-2-4-11(16)9-12/h2,4-5,8-9,14H,3,6-7H2,1H3,(H,17,20)/t14-/m1/s1. The fourth-order valence-electron chi connectivity index (χ4n) is 2.62. The van der Waals surface area contributed by atoms with Crippen LogP contribution >= 0.6 is 0 Å². The normalized spacial score (nSPS) is 18.0. The summed E-state index contributed by atoms with van der Waals surface area (Å²) in [5.41, 5.74) is 1.21. The van der Waals surface area contributed by atoms with Crippen molar-refractivity contribution in [2.45, 2.75) is 25.8 Å². The van der Waals surface area contributed by atoms with Gasteiger partial charge in [0.25, 0.3) is 0 Å². The van der Waals surface area contributed by atoms with Gasteiger partial charge in [-0.05, 0) is 38.0 Å². The van der Waals surface area contributed by atoms with Gasteiger partial charge in [0.05, 0.1) is 6.04 Å². The van der Waals surface area contributed by atoms with Crippen LogP contribution in [0.3, 0.4) is 0 Å². The highest BCUT2D eigenvalue weighted by molar-refractivity contribution is 5.89. The van der Waals surface area contributed by atoms with Gasteiger partial charge in [-0.1, -0.05) is 11.2 Å². The Morgan fingerprint density at radius 3 is 3.05 bits per heavy atom. The third-order valence-corrected chi connectivity index (χ3v) is 3.58. The van der Waals surface area contributed by atoms with Crippen molar-refractivity contribution in [2.75, 3.05) is 11.9 Å². The first-order chi connectivity index (χ1) is 10.1. The Morgan fingerprint density at radius 2 is 2.33 bits per heavy atom. The van der Waals surface area contributed by atoms with E-state index in [1.807, 2.05) is 13.0 Å². The lowest BCUT2D eigenvalue weighted by Crippen LogP contribution is -2.34. The van der Waals surface area contributed by atoms with Crippen molar-refractivity contribution in [3.8, 4) is 0 Å². The molecule has 0 unspecified atom stereocenters. The Morgan fingerprint density at radius 1 is 1.48 bits per heavy atom. The predicted molar refractivity (Wildman–Crippen MR) is 75.3 cm³/mol. The average Bonchev–Trinajstić information content (AvgIpc) is 3.06. The minimum Gasteiger partial charge on any atom is -0.361 e. The van der Waals surface area contributed by atoms with Crippen molar-refractivity contribution in [1.29, 1.82) is 0 Å². The van der Waals surface area contributed by atoms with Crippen molar-refractivity contribution < 1.29 is 13.7 Å². The van der Waals surface area contributed by atoms with Gasteiger partial charge < -0.3 is 14.7 Å². The Bertz CT molecular complexity index is 656. The number of carbonyl (C=O) groups is 1. The number of rotatable bonds is 2. The van der Waals surface area contributed by atoms with E-state index in [0.29, 0.717) is 12.2 Å². The van der Waals surface area contributed by atoms with Crippen LogP contribution in [0.4, 0.5) is 14.9 Å². The smallest absolute Gasteiger partial charge is 0.322 e. The molecule has 110 valence electrons. The molecule has 1 saturated heterocycles. The summed E-state index contributed by atoms with van der Waals surface area (Å²) in [6, 6.07) is 7.37. The quantitative estimate of drug-likeness (QED) is 0.920. The summed E-state index contributed by atoms with van der Waals surface area (Å²) in [7, 11) is 0. The number of urea groups is 1. The van der Waals surface area contributed by atoms with Crippen molar-refractivity contribution in [2.24, 2.45) is 0 Å². The predicted octanol–water partition coefficient (Wildman–Crippen LogP) is 3.49. The molecule has 1 aromatic carbocycles. The van der Waals surface area contributed by atoms with Crippen molar-refractivity contribution in [3.05, 3.63) is 47.6 Å². The number of hydrogen-bond acceptors (Lipinski definition) is 3. The van der Waals surface area contributed by atoms with Crippen LogP contribution in [0.25, 0.3) is 0 Å². The number of amides is 2. The van der Waals surface area contributed by atoms with Gasteiger partial charge in [0.2, 0.25) is 0 Å². The molecule has 1 fully saturated rings. The van der Waals surface area contributed by atoms with Crippen molar-refractivity contribution in [3.63, 3.8) is 0 Å². The second kappa shape index (κ2) is 5.55. The zero-order valence-corrected chi connectivity index (χ0v) is 11.7. The molecule has 5 nitrogen and oxygen atoms in total. The molecule has 3 rings (SSSR count). The fraction of sp³-hybridized carbons (Fsp3) is 0.333. The summed E-state index contributed by atoms with van der Waals surface area (Å²) in [4.78, 5) is 14.1. The summed E-state index contributed by atoms with van der Waals surface area (Å²) in [5.74, 6) is 0.347. The number of carbonyl (C=O) groups excluding carboxylic acids is 1. The van der Waals surface area contributed by atoms with E-state index in [0.717, 1.165) is 24.3 Å². The van der Waals surface area contributed by atoms with E-state index < -0.39 is 0 Å². The number of nitrogens with one attached hydrogen (secondary N) is 1. The first-order valence-corrected chi connectivity index (χ1v) is 6.90. The van der Waals surface area contributed by atoms with Crippen LogP contribution < -0.4 is 5.32 Å². The Labute approximate surface area is 121 Å². The van der Waals surface area contributed by atoms with Gasteiger partial charge in [-0.25, -0.2) is 9.18 Å². The largest absolute Gasteiger partial charge is 0.361 e. The van der Waals surface area contributed by atoms with E-state index in [4.69, 9.17) is 4.52 Å². The van der Waals surface area contributed by atoms with E-state index in [-0.39, 0.29) is 17.9 Å². The number of halogens is 1. The number of benzene rings is 1. The third-order valence-electron chi connectivity index (χ3n) is 3.58. The lowest BCUT2D eigenvalue weighted by atomic mass is 10.1. The zero-order valence-electron chi connectivity index (χ0n) is 11.7. The van der Waals surface area contributed by atoms with Crippen LogP contribution in [0.1, 0.15) is 30.3 Å². The van der Waals surface area contributed by atoms with E-state index in [9.17, 15) is 9.18 Å². The Hall–Kier alpha value is -2.37. The lowest BCUT2D eigenvalue weighted by molar-refractivity contribution is 0.204. The van der Waals surface area contributed by atoms with Gasteiger partial charge in [-0.2, -0.15) is 0 Å². The summed E-state index contributed by atoms with van der Waals surface area (Å²) >= 11 is 0. The molecule has 1 atom stereocenters. The highest BCUT2D eigenvalue weighted by atomic mass is 19.1. The number of aryl methyl sites for hydroxylation is 1. The molecule has 0 saturated carbocycles. The van der Waals surface area contributed by atoms with E-state index in [1.54, 1.807) is 17.0 Å². The first-order valence-electron chi connectivity index (χ1n) is 6.90. The van der Waals surface area contributed by atoms with Crippen LogP contribution in [0.5, 0.6) is 0 Å². The van der Waals surface area contributed by atoms with Gasteiger partial charge in [0.15, 0.2) is 0 Å². The maximum Gasteiger partial charge on any atom is 0.322 e. The second-order valence-corrected chi connectivity index (χ2v) is 5.15. The summed E-state index contributed by atoms with van der Waals surface area (Å²) in [5, 5.41) is 6.71. The van der Waals surface area contributed by atoms with Crippen molar-refractivity contribution in [1.82, 2.24) is 10.1 Å². The summed E-state index contributed by atoms with van der Waals surface area (Å²) in [6.07, 6.45) is 1.76. The Kier molecular flexibility index (Phi) is 3.60. The third kappa shape index (κ3) is 2.89. The van der Waals surface area contributed by atoms with E-state index in [2.05, 4.69) is 10.5 Å². The molecule has 1 aliphatic heterocycles. The first kappa shape index (κ1) is 13.6. The Balaban J connectivity index is 1.74.